The number of hydrogen-bond donors (Lipinski definition) is 0. The van der Waals surface area contributed by atoms with Gasteiger partial charge in [0.1, 0.15) is 13.2 Å². The fraction of sp³-hybridized carbons (Fsp3) is 0.905. The van der Waals surface area contributed by atoms with Crippen molar-refractivity contribution < 1.29 is 66.4 Å². The Morgan fingerprint density at radius 3 is 0.839 bits per heavy atom. The molecule has 0 aliphatic carbocycles. The van der Waals surface area contributed by atoms with E-state index in [1.54, 1.807) is 6.92 Å². The summed E-state index contributed by atoms with van der Waals surface area (Å²) in [5.74, 6) is -0.551. The zero-order valence-electron chi connectivity index (χ0n) is 35.4. The van der Waals surface area contributed by atoms with E-state index in [4.69, 9.17) is 56.8 Å². The highest BCUT2D eigenvalue weighted by Crippen LogP contribution is 2.13. The van der Waals surface area contributed by atoms with Crippen LogP contribution < -0.4 is 0 Å². The van der Waals surface area contributed by atoms with E-state index >= 15 is 0 Å². The molecule has 0 aromatic heterocycles. The zero-order valence-corrected chi connectivity index (χ0v) is 35.4. The molecule has 0 bridgehead atoms. The van der Waals surface area contributed by atoms with Crippen LogP contribution in [-0.2, 0) is 66.4 Å². The molecule has 0 rings (SSSR count). The van der Waals surface area contributed by atoms with Crippen LogP contribution in [0.25, 0.3) is 0 Å². The van der Waals surface area contributed by atoms with Crippen molar-refractivity contribution in [2.24, 2.45) is 0 Å². The van der Waals surface area contributed by atoms with Gasteiger partial charge in [0.05, 0.1) is 132 Å². The van der Waals surface area contributed by atoms with Gasteiger partial charge < -0.3 is 56.8 Å². The number of carbonyl (C=O) groups excluding carboxylic acids is 2. The summed E-state index contributed by atoms with van der Waals surface area (Å²) in [6.45, 7) is 17.1. The van der Waals surface area contributed by atoms with E-state index in [1.807, 2.05) is 0 Å². The van der Waals surface area contributed by atoms with Gasteiger partial charge in [-0.05, 0) is 13.3 Å². The molecular weight excluding hydrogens is 728 g/mol. The van der Waals surface area contributed by atoms with Crippen LogP contribution in [0.3, 0.4) is 0 Å². The SMILES string of the molecule is C=C(C)C(=O)OCCOCCOCCOCCOCCOCCOCCOCCOCCOCCOCCOC(=O)CCCCCCCCCCCCCCC. The number of carbonyl (C=O) groups is 2. The molecular formula is C42H80O14. The molecule has 332 valence electrons. The van der Waals surface area contributed by atoms with Crippen LogP contribution in [0.15, 0.2) is 12.2 Å². The third-order valence-electron chi connectivity index (χ3n) is 8.13. The largest absolute Gasteiger partial charge is 0.463 e. The molecule has 0 N–H and O–H groups in total. The fourth-order valence-electron chi connectivity index (χ4n) is 4.97. The number of unbranched alkanes of at least 4 members (excludes halogenated alkanes) is 12. The Bertz CT molecular complexity index is 831. The Morgan fingerprint density at radius 2 is 0.571 bits per heavy atom. The molecule has 0 heterocycles. The summed E-state index contributed by atoms with van der Waals surface area (Å²) in [5, 5.41) is 0. The summed E-state index contributed by atoms with van der Waals surface area (Å²) < 4.78 is 64.7. The van der Waals surface area contributed by atoms with E-state index in [0.29, 0.717) is 144 Å². The molecule has 0 amide bonds. The molecule has 0 unspecified atom stereocenters. The third-order valence-corrected chi connectivity index (χ3v) is 8.13. The molecule has 0 aliphatic rings. The van der Waals surface area contributed by atoms with Crippen LogP contribution in [0, 0.1) is 0 Å². The van der Waals surface area contributed by atoms with E-state index in [-0.39, 0.29) is 19.2 Å². The Labute approximate surface area is 339 Å². The van der Waals surface area contributed by atoms with Crippen LogP contribution in [0.5, 0.6) is 0 Å². The highest BCUT2D eigenvalue weighted by atomic mass is 16.6. The van der Waals surface area contributed by atoms with Gasteiger partial charge >= 0.3 is 11.9 Å². The van der Waals surface area contributed by atoms with Gasteiger partial charge in [0, 0.05) is 12.0 Å². The summed E-state index contributed by atoms with van der Waals surface area (Å²) >= 11 is 0. The maximum Gasteiger partial charge on any atom is 0.333 e. The summed E-state index contributed by atoms with van der Waals surface area (Å²) in [5.41, 5.74) is 0.368. The maximum absolute atomic E-state index is 11.9. The van der Waals surface area contributed by atoms with Crippen molar-refractivity contribution in [3.05, 3.63) is 12.2 Å². The first-order valence-corrected chi connectivity index (χ1v) is 21.3. The van der Waals surface area contributed by atoms with Crippen LogP contribution >= 0.6 is 0 Å². The summed E-state index contributed by atoms with van der Waals surface area (Å²) in [6.07, 6.45) is 17.3. The minimum Gasteiger partial charge on any atom is -0.463 e. The number of hydrogen-bond acceptors (Lipinski definition) is 14. The van der Waals surface area contributed by atoms with E-state index in [0.717, 1.165) is 12.8 Å². The van der Waals surface area contributed by atoms with Gasteiger partial charge in [0.25, 0.3) is 0 Å². The summed E-state index contributed by atoms with van der Waals surface area (Å²) in [6, 6.07) is 0. The van der Waals surface area contributed by atoms with Crippen molar-refractivity contribution in [3.8, 4) is 0 Å². The van der Waals surface area contributed by atoms with Crippen molar-refractivity contribution in [2.75, 3.05) is 145 Å². The Balaban J connectivity index is 3.14. The second-order valence-electron chi connectivity index (χ2n) is 13.3. The molecule has 0 atom stereocenters. The smallest absolute Gasteiger partial charge is 0.333 e. The first kappa shape index (κ1) is 54.3. The predicted octanol–water partition coefficient (Wildman–Crippen LogP) is 6.30. The monoisotopic (exact) mass is 809 g/mol. The second kappa shape index (κ2) is 47.7. The molecule has 0 aromatic rings. The summed E-state index contributed by atoms with van der Waals surface area (Å²) in [7, 11) is 0. The number of esters is 2. The van der Waals surface area contributed by atoms with E-state index in [9.17, 15) is 9.59 Å². The molecule has 0 spiro atoms. The first-order chi connectivity index (χ1) is 27.6. The molecule has 14 heteroatoms. The van der Waals surface area contributed by atoms with Gasteiger partial charge in [0.2, 0.25) is 0 Å². The highest BCUT2D eigenvalue weighted by molar-refractivity contribution is 5.86. The molecule has 56 heavy (non-hydrogen) atoms. The molecule has 0 saturated carbocycles. The quantitative estimate of drug-likeness (QED) is 0.0385. The lowest BCUT2D eigenvalue weighted by Gasteiger charge is -2.09. The zero-order chi connectivity index (χ0) is 40.7. The molecule has 14 nitrogen and oxygen atoms in total. The van der Waals surface area contributed by atoms with Gasteiger partial charge in [0.15, 0.2) is 0 Å². The topological polar surface area (TPSA) is 145 Å². The number of rotatable bonds is 48. The number of ether oxygens (including phenoxy) is 12. The van der Waals surface area contributed by atoms with Crippen LogP contribution in [0.1, 0.15) is 104 Å². The summed E-state index contributed by atoms with van der Waals surface area (Å²) in [4.78, 5) is 23.1. The Hall–Kier alpha value is -1.72. The Morgan fingerprint density at radius 1 is 0.339 bits per heavy atom. The predicted molar refractivity (Wildman–Crippen MR) is 215 cm³/mol. The van der Waals surface area contributed by atoms with Crippen molar-refractivity contribution in [2.45, 2.75) is 104 Å². The first-order valence-electron chi connectivity index (χ1n) is 21.3. The van der Waals surface area contributed by atoms with Crippen molar-refractivity contribution in [1.82, 2.24) is 0 Å². The molecule has 0 aliphatic heterocycles. The van der Waals surface area contributed by atoms with E-state index < -0.39 is 5.97 Å². The average Bonchev–Trinajstić information content (AvgIpc) is 3.19. The van der Waals surface area contributed by atoms with Crippen LogP contribution in [-0.4, -0.2) is 157 Å². The molecule has 0 fully saturated rings. The lowest BCUT2D eigenvalue weighted by Crippen LogP contribution is -2.16. The van der Waals surface area contributed by atoms with Crippen LogP contribution in [0.4, 0.5) is 0 Å². The van der Waals surface area contributed by atoms with Gasteiger partial charge in [-0.3, -0.25) is 4.79 Å². The molecule has 0 radical (unpaired) electrons. The van der Waals surface area contributed by atoms with Crippen LogP contribution in [0.2, 0.25) is 0 Å². The standard InChI is InChI=1S/C42H80O14/c1-4-5-6-7-8-9-10-11-12-13-14-15-16-17-41(43)55-38-36-53-34-32-51-30-28-49-26-24-47-22-20-45-18-19-46-21-23-48-25-27-50-29-31-52-33-35-54-37-39-56-42(44)40(2)3/h2,4-39H2,1,3H3. The van der Waals surface area contributed by atoms with Crippen molar-refractivity contribution in [1.29, 1.82) is 0 Å². The highest BCUT2D eigenvalue weighted by Gasteiger charge is 2.04. The average molecular weight is 809 g/mol. The third kappa shape index (κ3) is 46.7. The second-order valence-corrected chi connectivity index (χ2v) is 13.3. The van der Waals surface area contributed by atoms with Gasteiger partial charge in [-0.25, -0.2) is 4.79 Å². The lowest BCUT2D eigenvalue weighted by molar-refractivity contribution is -0.145. The minimum absolute atomic E-state index is 0.136. The van der Waals surface area contributed by atoms with Gasteiger partial charge in [-0.2, -0.15) is 0 Å². The lowest BCUT2D eigenvalue weighted by atomic mass is 10.0. The molecule has 0 aromatic carbocycles. The van der Waals surface area contributed by atoms with Gasteiger partial charge in [-0.1, -0.05) is 90.6 Å². The fourth-order valence-corrected chi connectivity index (χ4v) is 4.97. The van der Waals surface area contributed by atoms with Crippen molar-refractivity contribution in [3.63, 3.8) is 0 Å². The van der Waals surface area contributed by atoms with E-state index in [2.05, 4.69) is 13.5 Å². The minimum atomic E-state index is -0.414. The van der Waals surface area contributed by atoms with E-state index in [1.165, 1.54) is 70.6 Å². The van der Waals surface area contributed by atoms with Gasteiger partial charge in [-0.15, -0.1) is 0 Å². The maximum atomic E-state index is 11.9. The Kier molecular flexibility index (Phi) is 46.2. The molecule has 0 saturated heterocycles. The normalized spacial score (nSPS) is 11.3. The van der Waals surface area contributed by atoms with Crippen molar-refractivity contribution >= 4 is 11.9 Å².